The van der Waals surface area contributed by atoms with E-state index in [-0.39, 0.29) is 16.6 Å². The summed E-state index contributed by atoms with van der Waals surface area (Å²) in [5.41, 5.74) is 1.93. The molecule has 194 valence electrons. The number of hydrogen-bond donors (Lipinski definition) is 2. The molecule has 0 aliphatic rings. The predicted octanol–water partition coefficient (Wildman–Crippen LogP) is 4.91. The number of sulfone groups is 1. The second-order valence-electron chi connectivity index (χ2n) is 7.96. The number of thiazole rings is 1. The van der Waals surface area contributed by atoms with Crippen LogP contribution in [0.5, 0.6) is 17.2 Å². The normalized spacial score (nSPS) is 12.1. The molecule has 4 aromatic rings. The lowest BCUT2D eigenvalue weighted by molar-refractivity contribution is -0.117. The molecule has 11 heteroatoms. The van der Waals surface area contributed by atoms with Crippen LogP contribution < -0.4 is 24.8 Å². The highest BCUT2D eigenvalue weighted by Gasteiger charge is 2.23. The van der Waals surface area contributed by atoms with Crippen LogP contribution in [0, 0.1) is 0 Å². The van der Waals surface area contributed by atoms with Gasteiger partial charge in [0.2, 0.25) is 0 Å². The first-order valence-electron chi connectivity index (χ1n) is 11.3. The standard InChI is InChI=1S/C26H27N3O6S2/c1-5-37(31,32)19-12-6-16(7-13-19)24(27-17-8-10-18(33-2)11-9-17)25(30)29-26-28-20-14-21(34-3)22(35-4)15-23(20)36-26/h6-15,24,27H,5H2,1-4H3,(H,28,29,30). The number of ether oxygens (including phenoxy) is 3. The lowest BCUT2D eigenvalue weighted by atomic mass is 10.1. The summed E-state index contributed by atoms with van der Waals surface area (Å²) in [4.78, 5) is 18.2. The van der Waals surface area contributed by atoms with Crippen molar-refractivity contribution in [2.45, 2.75) is 17.9 Å². The first kappa shape index (κ1) is 26.2. The zero-order valence-electron chi connectivity index (χ0n) is 20.8. The Morgan fingerprint density at radius 3 is 2.19 bits per heavy atom. The highest BCUT2D eigenvalue weighted by atomic mass is 32.2. The molecule has 0 saturated heterocycles. The van der Waals surface area contributed by atoms with Gasteiger partial charge in [0.25, 0.3) is 5.91 Å². The molecule has 9 nitrogen and oxygen atoms in total. The second-order valence-corrected chi connectivity index (χ2v) is 11.3. The maximum atomic E-state index is 13.5. The molecule has 0 fully saturated rings. The molecule has 2 N–H and O–H groups in total. The fourth-order valence-corrected chi connectivity index (χ4v) is 5.44. The summed E-state index contributed by atoms with van der Waals surface area (Å²) in [6, 6.07) is 16.2. The SMILES string of the molecule is CCS(=O)(=O)c1ccc(C(Nc2ccc(OC)cc2)C(=O)Nc2nc3cc(OC)c(OC)cc3s2)cc1. The van der Waals surface area contributed by atoms with Crippen LogP contribution in [0.4, 0.5) is 10.8 Å². The van der Waals surface area contributed by atoms with Crippen molar-refractivity contribution in [2.75, 3.05) is 37.7 Å². The van der Waals surface area contributed by atoms with Crippen LogP contribution in [0.15, 0.2) is 65.6 Å². The van der Waals surface area contributed by atoms with Gasteiger partial charge < -0.3 is 19.5 Å². The molecule has 1 atom stereocenters. The number of benzene rings is 3. The Morgan fingerprint density at radius 1 is 0.946 bits per heavy atom. The topological polar surface area (TPSA) is 116 Å². The predicted molar refractivity (Wildman–Crippen MR) is 145 cm³/mol. The zero-order valence-corrected chi connectivity index (χ0v) is 22.4. The Morgan fingerprint density at radius 2 is 1.59 bits per heavy atom. The van der Waals surface area contributed by atoms with Gasteiger partial charge in [-0.3, -0.25) is 10.1 Å². The van der Waals surface area contributed by atoms with E-state index in [4.69, 9.17) is 14.2 Å². The Hall–Kier alpha value is -3.83. The molecule has 1 heterocycles. The number of rotatable bonds is 10. The molecule has 1 unspecified atom stereocenters. The molecular weight excluding hydrogens is 514 g/mol. The van der Waals surface area contributed by atoms with Gasteiger partial charge in [0, 0.05) is 17.8 Å². The number of nitrogens with zero attached hydrogens (tertiary/aromatic N) is 1. The number of aromatic nitrogens is 1. The minimum atomic E-state index is -3.37. The highest BCUT2D eigenvalue weighted by Crippen LogP contribution is 2.36. The van der Waals surface area contributed by atoms with Crippen LogP contribution >= 0.6 is 11.3 Å². The molecule has 0 saturated carbocycles. The molecule has 4 rings (SSSR count). The Labute approximate surface area is 219 Å². The van der Waals surface area contributed by atoms with Gasteiger partial charge in [0.1, 0.15) is 11.8 Å². The van der Waals surface area contributed by atoms with Crippen molar-refractivity contribution in [1.82, 2.24) is 4.98 Å². The van der Waals surface area contributed by atoms with E-state index in [1.807, 2.05) is 6.07 Å². The van der Waals surface area contributed by atoms with Crippen molar-refractivity contribution in [3.63, 3.8) is 0 Å². The quantitative estimate of drug-likeness (QED) is 0.291. The third-order valence-electron chi connectivity index (χ3n) is 5.74. The van der Waals surface area contributed by atoms with Crippen molar-refractivity contribution >= 4 is 48.1 Å². The van der Waals surface area contributed by atoms with Crippen molar-refractivity contribution in [1.29, 1.82) is 0 Å². The van der Waals surface area contributed by atoms with E-state index in [2.05, 4.69) is 15.6 Å². The van der Waals surface area contributed by atoms with Gasteiger partial charge in [-0.15, -0.1) is 0 Å². The number of methoxy groups -OCH3 is 3. The summed E-state index contributed by atoms with van der Waals surface area (Å²) in [6.07, 6.45) is 0. The summed E-state index contributed by atoms with van der Waals surface area (Å²) in [5, 5.41) is 6.52. The monoisotopic (exact) mass is 541 g/mol. The molecule has 0 aliphatic heterocycles. The second kappa shape index (κ2) is 11.1. The Bertz CT molecular complexity index is 1460. The third kappa shape index (κ3) is 5.78. The number of carbonyl (C=O) groups is 1. The smallest absolute Gasteiger partial charge is 0.253 e. The lowest BCUT2D eigenvalue weighted by Gasteiger charge is -2.20. The molecule has 3 aromatic carbocycles. The molecular formula is C26H27N3O6S2. The van der Waals surface area contributed by atoms with E-state index in [1.165, 1.54) is 23.5 Å². The van der Waals surface area contributed by atoms with Crippen molar-refractivity contribution in [2.24, 2.45) is 0 Å². The summed E-state index contributed by atoms with van der Waals surface area (Å²) in [7, 11) is 1.31. The average molecular weight is 542 g/mol. The van der Waals surface area contributed by atoms with E-state index in [1.54, 1.807) is 70.7 Å². The van der Waals surface area contributed by atoms with Crippen LogP contribution in [-0.4, -0.2) is 46.4 Å². The van der Waals surface area contributed by atoms with Crippen LogP contribution in [0.2, 0.25) is 0 Å². The molecule has 0 spiro atoms. The minimum Gasteiger partial charge on any atom is -0.497 e. The molecule has 0 aliphatic carbocycles. The van der Waals surface area contributed by atoms with E-state index in [9.17, 15) is 13.2 Å². The van der Waals surface area contributed by atoms with Crippen molar-refractivity contribution in [3.8, 4) is 17.2 Å². The Kier molecular flexibility index (Phi) is 7.84. The van der Waals surface area contributed by atoms with Gasteiger partial charge in [-0.1, -0.05) is 30.4 Å². The van der Waals surface area contributed by atoms with E-state index in [0.29, 0.717) is 39.1 Å². The van der Waals surface area contributed by atoms with Crippen molar-refractivity contribution in [3.05, 3.63) is 66.2 Å². The average Bonchev–Trinajstić information content (AvgIpc) is 3.32. The molecule has 1 aromatic heterocycles. The van der Waals surface area contributed by atoms with Crippen LogP contribution in [0.1, 0.15) is 18.5 Å². The van der Waals surface area contributed by atoms with E-state index in [0.717, 1.165) is 4.70 Å². The third-order valence-corrected chi connectivity index (χ3v) is 8.42. The fourth-order valence-electron chi connectivity index (χ4n) is 3.67. The van der Waals surface area contributed by atoms with Crippen LogP contribution in [0.3, 0.4) is 0 Å². The van der Waals surface area contributed by atoms with Gasteiger partial charge in [0.15, 0.2) is 26.5 Å². The summed E-state index contributed by atoms with van der Waals surface area (Å²) < 4.78 is 41.2. The number of amides is 1. The largest absolute Gasteiger partial charge is 0.497 e. The van der Waals surface area contributed by atoms with E-state index >= 15 is 0 Å². The fraction of sp³-hybridized carbons (Fsp3) is 0.231. The van der Waals surface area contributed by atoms with Gasteiger partial charge in [-0.05, 0) is 42.0 Å². The number of hydrogen-bond acceptors (Lipinski definition) is 9. The molecule has 37 heavy (non-hydrogen) atoms. The summed E-state index contributed by atoms with van der Waals surface area (Å²) in [5.74, 6) is 1.42. The van der Waals surface area contributed by atoms with Crippen LogP contribution in [-0.2, 0) is 14.6 Å². The number of fused-ring (bicyclic) bond motifs is 1. The van der Waals surface area contributed by atoms with Gasteiger partial charge in [-0.25, -0.2) is 13.4 Å². The van der Waals surface area contributed by atoms with E-state index < -0.39 is 15.9 Å². The lowest BCUT2D eigenvalue weighted by Crippen LogP contribution is -2.27. The maximum Gasteiger partial charge on any atom is 0.253 e. The van der Waals surface area contributed by atoms with Crippen LogP contribution in [0.25, 0.3) is 10.2 Å². The van der Waals surface area contributed by atoms with Gasteiger partial charge >= 0.3 is 0 Å². The molecule has 1 amide bonds. The number of nitrogens with one attached hydrogen (secondary N) is 2. The summed E-state index contributed by atoms with van der Waals surface area (Å²) in [6.45, 7) is 1.59. The minimum absolute atomic E-state index is 0.00641. The van der Waals surface area contributed by atoms with Gasteiger partial charge in [0.05, 0.1) is 42.2 Å². The zero-order chi connectivity index (χ0) is 26.6. The first-order chi connectivity index (χ1) is 17.8. The molecule has 0 bridgehead atoms. The van der Waals surface area contributed by atoms with Crippen molar-refractivity contribution < 1.29 is 27.4 Å². The number of anilines is 2. The molecule has 0 radical (unpaired) electrons. The Balaban J connectivity index is 1.65. The maximum absolute atomic E-state index is 13.5. The van der Waals surface area contributed by atoms with Gasteiger partial charge in [-0.2, -0.15) is 0 Å². The first-order valence-corrected chi connectivity index (χ1v) is 13.8. The highest BCUT2D eigenvalue weighted by molar-refractivity contribution is 7.91. The number of carbonyl (C=O) groups excluding carboxylic acids is 1. The summed E-state index contributed by atoms with van der Waals surface area (Å²) >= 11 is 1.30.